The Morgan fingerprint density at radius 1 is 1.50 bits per heavy atom. The van der Waals surface area contributed by atoms with Crippen LogP contribution in [0.15, 0.2) is 12.1 Å². The van der Waals surface area contributed by atoms with Crippen molar-refractivity contribution in [2.45, 2.75) is 26.3 Å². The molecule has 0 radical (unpaired) electrons. The fourth-order valence-electron chi connectivity index (χ4n) is 1.22. The van der Waals surface area contributed by atoms with Crippen LogP contribution in [0.2, 0.25) is 5.02 Å². The zero-order chi connectivity index (χ0) is 10.0. The quantitative estimate of drug-likeness (QED) is 0.836. The van der Waals surface area contributed by atoms with Gasteiger partial charge in [0.1, 0.15) is 5.82 Å². The van der Waals surface area contributed by atoms with Crippen molar-refractivity contribution in [3.05, 3.63) is 34.1 Å². The molecule has 0 bridgehead atoms. The van der Waals surface area contributed by atoms with Crippen molar-refractivity contribution < 1.29 is 4.39 Å². The molecule has 0 fully saturated rings. The normalized spacial score (nSPS) is 12.1. The van der Waals surface area contributed by atoms with Gasteiger partial charge in [-0.2, -0.15) is 0 Å². The highest BCUT2D eigenvalue weighted by atomic mass is 35.5. The zero-order valence-corrected chi connectivity index (χ0v) is 9.75. The largest absolute Gasteiger partial charge is 0.324 e. The Balaban J connectivity index is 0.00000169. The zero-order valence-electron chi connectivity index (χ0n) is 8.18. The van der Waals surface area contributed by atoms with Crippen molar-refractivity contribution in [1.82, 2.24) is 0 Å². The minimum atomic E-state index is -0.315. The molecule has 4 heteroatoms. The molecule has 14 heavy (non-hydrogen) atoms. The van der Waals surface area contributed by atoms with E-state index < -0.39 is 0 Å². The molecule has 0 unspecified atom stereocenters. The van der Waals surface area contributed by atoms with Crippen LogP contribution in [0.5, 0.6) is 0 Å². The van der Waals surface area contributed by atoms with Gasteiger partial charge in [0, 0.05) is 11.6 Å². The van der Waals surface area contributed by atoms with Crippen molar-refractivity contribution in [2.75, 3.05) is 0 Å². The third kappa shape index (κ3) is 2.59. The van der Waals surface area contributed by atoms with Gasteiger partial charge in [0.05, 0.1) is 5.02 Å². The predicted molar refractivity (Wildman–Crippen MR) is 60.6 cm³/mol. The predicted octanol–water partition coefficient (Wildman–Crippen LogP) is 3.62. The van der Waals surface area contributed by atoms with Crippen LogP contribution in [-0.2, 0) is 0 Å². The minimum Gasteiger partial charge on any atom is -0.324 e. The molecule has 0 spiro atoms. The molecule has 2 N–H and O–H groups in total. The molecule has 1 aromatic rings. The molecule has 1 atom stereocenters. The first-order chi connectivity index (χ1) is 6.07. The summed E-state index contributed by atoms with van der Waals surface area (Å²) in [6.45, 7) is 3.75. The summed E-state index contributed by atoms with van der Waals surface area (Å²) in [5, 5.41) is 0.453. The van der Waals surface area contributed by atoms with Crippen LogP contribution in [0.1, 0.15) is 30.5 Å². The van der Waals surface area contributed by atoms with Crippen LogP contribution >= 0.6 is 24.0 Å². The second-order valence-electron chi connectivity index (χ2n) is 3.11. The Labute approximate surface area is 94.9 Å². The summed E-state index contributed by atoms with van der Waals surface area (Å²) >= 11 is 5.95. The Morgan fingerprint density at radius 2 is 2.07 bits per heavy atom. The molecule has 0 heterocycles. The lowest BCUT2D eigenvalue weighted by Crippen LogP contribution is -2.11. The fraction of sp³-hybridized carbons (Fsp3) is 0.400. The van der Waals surface area contributed by atoms with Crippen LogP contribution in [0.25, 0.3) is 0 Å². The molecule has 0 aliphatic rings. The number of benzene rings is 1. The number of rotatable bonds is 2. The summed E-state index contributed by atoms with van der Waals surface area (Å²) in [7, 11) is 0. The number of hydrogen-bond acceptors (Lipinski definition) is 1. The van der Waals surface area contributed by atoms with Crippen LogP contribution in [0.4, 0.5) is 4.39 Å². The molecule has 1 aromatic carbocycles. The highest BCUT2D eigenvalue weighted by Gasteiger charge is 2.14. The number of hydrogen-bond donors (Lipinski definition) is 1. The summed E-state index contributed by atoms with van der Waals surface area (Å²) in [5.74, 6) is -0.315. The smallest absolute Gasteiger partial charge is 0.129 e. The summed E-state index contributed by atoms with van der Waals surface area (Å²) in [4.78, 5) is 0. The molecule has 80 valence electrons. The van der Waals surface area contributed by atoms with Gasteiger partial charge in [-0.05, 0) is 25.0 Å². The minimum absolute atomic E-state index is 0. The molecular weight excluding hydrogens is 224 g/mol. The molecule has 0 aromatic heterocycles. The first-order valence-electron chi connectivity index (χ1n) is 4.28. The van der Waals surface area contributed by atoms with E-state index in [9.17, 15) is 4.39 Å². The van der Waals surface area contributed by atoms with E-state index in [0.29, 0.717) is 17.0 Å². The first kappa shape index (κ1) is 13.7. The second-order valence-corrected chi connectivity index (χ2v) is 3.48. The molecule has 0 saturated carbocycles. The summed E-state index contributed by atoms with van der Waals surface area (Å²) in [6, 6.07) is 2.75. The number of halogens is 3. The van der Waals surface area contributed by atoms with Crippen LogP contribution in [0.3, 0.4) is 0 Å². The van der Waals surface area contributed by atoms with Gasteiger partial charge in [0.15, 0.2) is 0 Å². The summed E-state index contributed by atoms with van der Waals surface area (Å²) in [5.41, 5.74) is 7.04. The number of nitrogens with two attached hydrogens (primary N) is 1. The molecule has 1 rings (SSSR count). The maximum atomic E-state index is 13.3. The molecule has 0 amide bonds. The van der Waals surface area contributed by atoms with Crippen molar-refractivity contribution in [3.63, 3.8) is 0 Å². The van der Waals surface area contributed by atoms with Gasteiger partial charge in [-0.25, -0.2) is 4.39 Å². The highest BCUT2D eigenvalue weighted by molar-refractivity contribution is 6.32. The highest BCUT2D eigenvalue weighted by Crippen LogP contribution is 2.28. The van der Waals surface area contributed by atoms with E-state index in [1.165, 1.54) is 6.07 Å². The van der Waals surface area contributed by atoms with E-state index in [1.54, 1.807) is 6.07 Å². The Hall–Kier alpha value is -0.310. The van der Waals surface area contributed by atoms with Gasteiger partial charge >= 0.3 is 0 Å². The van der Waals surface area contributed by atoms with E-state index in [2.05, 4.69) is 0 Å². The lowest BCUT2D eigenvalue weighted by Gasteiger charge is -2.13. The Kier molecular flexibility index (Phi) is 5.42. The fourth-order valence-corrected chi connectivity index (χ4v) is 1.52. The monoisotopic (exact) mass is 237 g/mol. The number of aryl methyl sites for hydroxylation is 1. The lowest BCUT2D eigenvalue weighted by atomic mass is 10.0. The SMILES string of the molecule is CC[C@H](N)c1c(F)ccc(C)c1Cl.Cl. The van der Waals surface area contributed by atoms with Crippen molar-refractivity contribution in [1.29, 1.82) is 0 Å². The van der Waals surface area contributed by atoms with Crippen LogP contribution in [0, 0.1) is 12.7 Å². The van der Waals surface area contributed by atoms with Crippen molar-refractivity contribution in [3.8, 4) is 0 Å². The van der Waals surface area contributed by atoms with E-state index >= 15 is 0 Å². The Bertz CT molecular complexity index is 315. The van der Waals surface area contributed by atoms with E-state index in [4.69, 9.17) is 17.3 Å². The van der Waals surface area contributed by atoms with E-state index in [-0.39, 0.29) is 24.3 Å². The van der Waals surface area contributed by atoms with E-state index in [1.807, 2.05) is 13.8 Å². The van der Waals surface area contributed by atoms with Gasteiger partial charge in [-0.15, -0.1) is 12.4 Å². The standard InChI is InChI=1S/C10H13ClFN.ClH/c1-3-8(13)9-7(12)5-4-6(2)10(9)11;/h4-5,8H,3,13H2,1-2H3;1H/t8-;/m0./s1. The van der Waals surface area contributed by atoms with Crippen LogP contribution < -0.4 is 5.73 Å². The third-order valence-electron chi connectivity index (χ3n) is 2.13. The molecular formula is C10H14Cl2FN. The van der Waals surface area contributed by atoms with Gasteiger partial charge < -0.3 is 5.73 Å². The maximum absolute atomic E-state index is 13.3. The average Bonchev–Trinajstić information content (AvgIpc) is 2.12. The summed E-state index contributed by atoms with van der Waals surface area (Å²) < 4.78 is 13.3. The molecule has 0 saturated heterocycles. The van der Waals surface area contributed by atoms with Crippen molar-refractivity contribution >= 4 is 24.0 Å². The maximum Gasteiger partial charge on any atom is 0.129 e. The first-order valence-corrected chi connectivity index (χ1v) is 4.65. The topological polar surface area (TPSA) is 26.0 Å². The lowest BCUT2D eigenvalue weighted by molar-refractivity contribution is 0.575. The molecule has 0 aliphatic heterocycles. The second kappa shape index (κ2) is 5.54. The molecule has 1 nitrogen and oxygen atoms in total. The third-order valence-corrected chi connectivity index (χ3v) is 2.63. The molecule has 0 aliphatic carbocycles. The Morgan fingerprint density at radius 3 is 2.57 bits per heavy atom. The van der Waals surface area contributed by atoms with E-state index in [0.717, 1.165) is 5.56 Å². The van der Waals surface area contributed by atoms with Gasteiger partial charge in [-0.1, -0.05) is 24.6 Å². The van der Waals surface area contributed by atoms with Gasteiger partial charge in [-0.3, -0.25) is 0 Å². The van der Waals surface area contributed by atoms with Gasteiger partial charge in [0.2, 0.25) is 0 Å². The van der Waals surface area contributed by atoms with Crippen LogP contribution in [-0.4, -0.2) is 0 Å². The van der Waals surface area contributed by atoms with Crippen molar-refractivity contribution in [2.24, 2.45) is 5.73 Å². The average molecular weight is 238 g/mol. The van der Waals surface area contributed by atoms with Gasteiger partial charge in [0.25, 0.3) is 0 Å². The summed E-state index contributed by atoms with van der Waals surface area (Å²) in [6.07, 6.45) is 0.681.